The molecule has 0 saturated carbocycles. The van der Waals surface area contributed by atoms with Crippen molar-refractivity contribution in [3.05, 3.63) is 60.7 Å². The zero-order valence-electron chi connectivity index (χ0n) is 18.1. The number of carbonyl (C=O) groups excluding carboxylic acids is 1. The van der Waals surface area contributed by atoms with Gasteiger partial charge in [-0.25, -0.2) is 8.42 Å². The molecule has 1 amide bonds. The summed E-state index contributed by atoms with van der Waals surface area (Å²) in [5.41, 5.74) is 0.611. The van der Waals surface area contributed by atoms with Crippen LogP contribution in [0.1, 0.15) is 12.8 Å². The number of methoxy groups -OCH3 is 2. The van der Waals surface area contributed by atoms with E-state index in [9.17, 15) is 13.2 Å². The molecule has 1 N–H and O–H groups in total. The first-order chi connectivity index (χ1) is 15.5. The molecular formula is C24H26N2O5S. The van der Waals surface area contributed by atoms with E-state index in [1.807, 2.05) is 30.3 Å². The molecule has 1 heterocycles. The Morgan fingerprint density at radius 2 is 1.50 bits per heavy atom. The normalized spacial score (nSPS) is 15.4. The van der Waals surface area contributed by atoms with E-state index in [2.05, 4.69) is 5.32 Å². The van der Waals surface area contributed by atoms with Crippen LogP contribution in [0, 0.1) is 5.92 Å². The number of amides is 1. The first-order valence-corrected chi connectivity index (χ1v) is 11.9. The Kier molecular flexibility index (Phi) is 6.34. The molecule has 7 nitrogen and oxygen atoms in total. The molecule has 168 valence electrons. The minimum atomic E-state index is -3.71. The van der Waals surface area contributed by atoms with Crippen LogP contribution in [0.2, 0.25) is 0 Å². The van der Waals surface area contributed by atoms with Crippen molar-refractivity contribution in [2.45, 2.75) is 17.7 Å². The summed E-state index contributed by atoms with van der Waals surface area (Å²) in [4.78, 5) is 13.0. The van der Waals surface area contributed by atoms with Gasteiger partial charge in [0.1, 0.15) is 11.5 Å². The fourth-order valence-corrected chi connectivity index (χ4v) is 5.79. The van der Waals surface area contributed by atoms with Gasteiger partial charge in [-0.1, -0.05) is 36.4 Å². The number of carbonyl (C=O) groups is 1. The molecule has 0 bridgehead atoms. The van der Waals surface area contributed by atoms with E-state index in [1.54, 1.807) is 44.6 Å². The molecule has 1 aliphatic rings. The molecule has 8 heteroatoms. The summed E-state index contributed by atoms with van der Waals surface area (Å²) in [6.07, 6.45) is 0.905. The first kappa shape index (κ1) is 22.1. The number of anilines is 1. The standard InChI is InChI=1S/C24H26N2O5S/c1-30-21-11-12-23(19-8-4-3-7-18(19)21)32(28,29)26-15-13-17(14-16-26)24(27)25-20-9-5-6-10-22(20)31-2/h3-12,17H,13-16H2,1-2H3,(H,25,27). The maximum absolute atomic E-state index is 13.4. The maximum Gasteiger partial charge on any atom is 0.243 e. The minimum Gasteiger partial charge on any atom is -0.496 e. The number of para-hydroxylation sites is 2. The third kappa shape index (κ3) is 4.16. The molecule has 1 fully saturated rings. The number of nitrogens with one attached hydrogen (secondary N) is 1. The number of benzene rings is 3. The second-order valence-electron chi connectivity index (χ2n) is 7.68. The van der Waals surface area contributed by atoms with Gasteiger partial charge >= 0.3 is 0 Å². The molecule has 0 spiro atoms. The van der Waals surface area contributed by atoms with Crippen LogP contribution in [-0.2, 0) is 14.8 Å². The van der Waals surface area contributed by atoms with Gasteiger partial charge in [-0.2, -0.15) is 4.31 Å². The van der Waals surface area contributed by atoms with Crippen molar-refractivity contribution in [2.75, 3.05) is 32.6 Å². The number of fused-ring (bicyclic) bond motifs is 1. The Morgan fingerprint density at radius 3 is 2.19 bits per heavy atom. The molecule has 1 saturated heterocycles. The molecule has 4 rings (SSSR count). The van der Waals surface area contributed by atoms with E-state index in [0.717, 1.165) is 5.39 Å². The minimum absolute atomic E-state index is 0.124. The third-order valence-electron chi connectivity index (χ3n) is 5.87. The highest BCUT2D eigenvalue weighted by Gasteiger charge is 2.33. The first-order valence-electron chi connectivity index (χ1n) is 10.5. The van der Waals surface area contributed by atoms with Crippen molar-refractivity contribution in [1.82, 2.24) is 4.31 Å². The summed E-state index contributed by atoms with van der Waals surface area (Å²) < 4.78 is 39.0. The Labute approximate surface area is 188 Å². The van der Waals surface area contributed by atoms with Crippen LogP contribution < -0.4 is 14.8 Å². The summed E-state index contributed by atoms with van der Waals surface area (Å²) >= 11 is 0. The van der Waals surface area contributed by atoms with Crippen molar-refractivity contribution in [2.24, 2.45) is 5.92 Å². The van der Waals surface area contributed by atoms with E-state index in [-0.39, 0.29) is 29.8 Å². The van der Waals surface area contributed by atoms with Crippen LogP contribution >= 0.6 is 0 Å². The van der Waals surface area contributed by atoms with Gasteiger partial charge < -0.3 is 14.8 Å². The predicted octanol–water partition coefficient (Wildman–Crippen LogP) is 3.90. The highest BCUT2D eigenvalue weighted by atomic mass is 32.2. The van der Waals surface area contributed by atoms with Crippen molar-refractivity contribution >= 4 is 32.4 Å². The van der Waals surface area contributed by atoms with Gasteiger partial charge in [0.2, 0.25) is 15.9 Å². The van der Waals surface area contributed by atoms with Crippen LogP contribution in [0.15, 0.2) is 65.6 Å². The lowest BCUT2D eigenvalue weighted by atomic mass is 9.97. The van der Waals surface area contributed by atoms with E-state index < -0.39 is 10.0 Å². The van der Waals surface area contributed by atoms with Gasteiger partial charge in [0.15, 0.2) is 0 Å². The summed E-state index contributed by atoms with van der Waals surface area (Å²) in [6, 6.07) is 17.8. The monoisotopic (exact) mass is 454 g/mol. The predicted molar refractivity (Wildman–Crippen MR) is 124 cm³/mol. The largest absolute Gasteiger partial charge is 0.496 e. The van der Waals surface area contributed by atoms with E-state index in [4.69, 9.17) is 9.47 Å². The van der Waals surface area contributed by atoms with Crippen LogP contribution in [0.5, 0.6) is 11.5 Å². The van der Waals surface area contributed by atoms with Gasteiger partial charge in [0.05, 0.1) is 24.8 Å². The smallest absolute Gasteiger partial charge is 0.243 e. The van der Waals surface area contributed by atoms with Gasteiger partial charge in [-0.05, 0) is 37.1 Å². The number of nitrogens with zero attached hydrogens (tertiary/aromatic N) is 1. The second-order valence-corrected chi connectivity index (χ2v) is 9.59. The summed E-state index contributed by atoms with van der Waals surface area (Å²) in [6.45, 7) is 0.569. The summed E-state index contributed by atoms with van der Waals surface area (Å²) in [7, 11) is -0.587. The van der Waals surface area contributed by atoms with Gasteiger partial charge in [0, 0.05) is 29.8 Å². The molecule has 0 atom stereocenters. The topological polar surface area (TPSA) is 84.9 Å². The number of rotatable bonds is 6. The number of ether oxygens (including phenoxy) is 2. The summed E-state index contributed by atoms with van der Waals surface area (Å²) in [5.74, 6) is 0.832. The summed E-state index contributed by atoms with van der Waals surface area (Å²) in [5, 5.41) is 4.29. The number of sulfonamides is 1. The molecule has 32 heavy (non-hydrogen) atoms. The van der Waals surface area contributed by atoms with Crippen molar-refractivity contribution in [1.29, 1.82) is 0 Å². The van der Waals surface area contributed by atoms with Crippen molar-refractivity contribution in [3.63, 3.8) is 0 Å². The Balaban J connectivity index is 1.49. The van der Waals surface area contributed by atoms with E-state index >= 15 is 0 Å². The zero-order valence-corrected chi connectivity index (χ0v) is 18.9. The van der Waals surface area contributed by atoms with Gasteiger partial charge in [-0.3, -0.25) is 4.79 Å². The highest BCUT2D eigenvalue weighted by Crippen LogP contribution is 2.34. The average molecular weight is 455 g/mol. The van der Waals surface area contributed by atoms with Crippen molar-refractivity contribution in [3.8, 4) is 11.5 Å². The Bertz CT molecular complexity index is 1230. The Hall–Kier alpha value is -3.10. The lowest BCUT2D eigenvalue weighted by Gasteiger charge is -2.31. The quantitative estimate of drug-likeness (QED) is 0.611. The number of piperidine rings is 1. The fourth-order valence-electron chi connectivity index (χ4n) is 4.13. The average Bonchev–Trinajstić information content (AvgIpc) is 2.83. The SMILES string of the molecule is COc1ccccc1NC(=O)C1CCN(S(=O)(=O)c2ccc(OC)c3ccccc23)CC1. The van der Waals surface area contributed by atoms with Crippen molar-refractivity contribution < 1.29 is 22.7 Å². The molecule has 0 radical (unpaired) electrons. The molecular weight excluding hydrogens is 428 g/mol. The molecule has 0 aromatic heterocycles. The molecule has 1 aliphatic heterocycles. The Morgan fingerprint density at radius 1 is 0.875 bits per heavy atom. The van der Waals surface area contributed by atoms with E-state index in [1.165, 1.54) is 4.31 Å². The fraction of sp³-hybridized carbons (Fsp3) is 0.292. The van der Waals surface area contributed by atoms with Crippen LogP contribution in [0.3, 0.4) is 0 Å². The number of hydrogen-bond acceptors (Lipinski definition) is 5. The maximum atomic E-state index is 13.4. The molecule has 0 aliphatic carbocycles. The van der Waals surface area contributed by atoms with Gasteiger partial charge in [-0.15, -0.1) is 0 Å². The molecule has 0 unspecified atom stereocenters. The van der Waals surface area contributed by atoms with Gasteiger partial charge in [0.25, 0.3) is 0 Å². The third-order valence-corrected chi connectivity index (χ3v) is 7.83. The second kappa shape index (κ2) is 9.18. The molecule has 3 aromatic rings. The molecule has 3 aromatic carbocycles. The zero-order chi connectivity index (χ0) is 22.7. The lowest BCUT2D eigenvalue weighted by molar-refractivity contribution is -0.120. The van der Waals surface area contributed by atoms with E-state index in [0.29, 0.717) is 35.4 Å². The number of hydrogen-bond donors (Lipinski definition) is 1. The van der Waals surface area contributed by atoms with Crippen LogP contribution in [-0.4, -0.2) is 45.9 Å². The van der Waals surface area contributed by atoms with Crippen LogP contribution in [0.25, 0.3) is 10.8 Å². The lowest BCUT2D eigenvalue weighted by Crippen LogP contribution is -2.41. The highest BCUT2D eigenvalue weighted by molar-refractivity contribution is 7.89. The van der Waals surface area contributed by atoms with Crippen LogP contribution in [0.4, 0.5) is 5.69 Å².